The van der Waals surface area contributed by atoms with E-state index >= 15 is 0 Å². The van der Waals surface area contributed by atoms with E-state index in [0.29, 0.717) is 12.4 Å². The van der Waals surface area contributed by atoms with Crippen LogP contribution in [-0.4, -0.2) is 10.9 Å². The largest absolute Gasteiger partial charge is 0.436 e. The second kappa shape index (κ2) is 6.77. The number of aromatic nitrogens is 1. The number of rotatable bonds is 4. The number of carbonyl (C=O) groups excluding carboxylic acids is 1. The summed E-state index contributed by atoms with van der Waals surface area (Å²) in [7, 11) is 0. The van der Waals surface area contributed by atoms with Gasteiger partial charge in [-0.15, -0.1) is 11.3 Å². The normalized spacial score (nSPS) is 11.0. The molecule has 4 rings (SSSR count). The fraction of sp³-hybridized carbons (Fsp3) is 0.143. The molecule has 4 nitrogen and oxygen atoms in total. The highest BCUT2D eigenvalue weighted by Gasteiger charge is 2.10. The number of carbonyl (C=O) groups is 1. The van der Waals surface area contributed by atoms with Crippen molar-refractivity contribution in [2.45, 2.75) is 20.4 Å². The maximum atomic E-state index is 12.0. The molecule has 0 aliphatic rings. The number of nitrogens with zero attached hydrogens (tertiary/aromatic N) is 1. The number of oxazole rings is 1. The van der Waals surface area contributed by atoms with Crippen molar-refractivity contribution in [2.24, 2.45) is 0 Å². The molecule has 4 aromatic rings. The molecule has 1 amide bonds. The Morgan fingerprint density at radius 2 is 1.88 bits per heavy atom. The molecule has 130 valence electrons. The molecule has 2 aromatic heterocycles. The van der Waals surface area contributed by atoms with Gasteiger partial charge in [-0.05, 0) is 66.2 Å². The molecule has 2 aromatic carbocycles. The molecule has 0 radical (unpaired) electrons. The first kappa shape index (κ1) is 16.5. The topological polar surface area (TPSA) is 55.1 Å². The molecule has 0 saturated heterocycles. The number of hydrogen-bond donors (Lipinski definition) is 1. The van der Waals surface area contributed by atoms with Crippen LogP contribution in [-0.2, 0) is 6.54 Å². The van der Waals surface area contributed by atoms with Gasteiger partial charge in [0.2, 0.25) is 5.89 Å². The van der Waals surface area contributed by atoms with Crippen molar-refractivity contribution >= 4 is 28.3 Å². The van der Waals surface area contributed by atoms with Crippen LogP contribution in [0, 0.1) is 13.8 Å². The predicted molar refractivity (Wildman–Crippen MR) is 104 cm³/mol. The summed E-state index contributed by atoms with van der Waals surface area (Å²) in [4.78, 5) is 17.3. The SMILES string of the molecule is Cc1cc2nc(-c3ccc(CNC(=O)c4cccs4)cc3)oc2cc1C. The van der Waals surface area contributed by atoms with E-state index in [1.807, 2.05) is 53.9 Å². The van der Waals surface area contributed by atoms with E-state index in [4.69, 9.17) is 4.42 Å². The van der Waals surface area contributed by atoms with E-state index in [9.17, 15) is 4.79 Å². The zero-order valence-corrected chi connectivity index (χ0v) is 15.4. The summed E-state index contributed by atoms with van der Waals surface area (Å²) in [5.41, 5.74) is 6.02. The lowest BCUT2D eigenvalue weighted by molar-refractivity contribution is 0.0955. The highest BCUT2D eigenvalue weighted by molar-refractivity contribution is 7.12. The zero-order chi connectivity index (χ0) is 18.1. The Morgan fingerprint density at radius 3 is 2.62 bits per heavy atom. The molecular weight excluding hydrogens is 344 g/mol. The molecule has 1 N–H and O–H groups in total. The van der Waals surface area contributed by atoms with Crippen LogP contribution in [0.3, 0.4) is 0 Å². The standard InChI is InChI=1S/C21H18N2O2S/c1-13-10-17-18(11-14(13)2)25-21(23-17)16-7-5-15(6-8-16)12-22-20(24)19-4-3-9-26-19/h3-11H,12H2,1-2H3,(H,22,24). The van der Waals surface area contributed by atoms with Gasteiger partial charge in [0.05, 0.1) is 4.88 Å². The van der Waals surface area contributed by atoms with Gasteiger partial charge >= 0.3 is 0 Å². The van der Waals surface area contributed by atoms with E-state index in [0.717, 1.165) is 27.1 Å². The smallest absolute Gasteiger partial charge is 0.261 e. The minimum atomic E-state index is -0.0474. The fourth-order valence-corrected chi connectivity index (χ4v) is 3.39. The summed E-state index contributed by atoms with van der Waals surface area (Å²) in [5.74, 6) is 0.563. The second-order valence-corrected chi connectivity index (χ2v) is 7.23. The van der Waals surface area contributed by atoms with Crippen LogP contribution >= 0.6 is 11.3 Å². The van der Waals surface area contributed by atoms with Crippen LogP contribution in [0.5, 0.6) is 0 Å². The molecule has 0 atom stereocenters. The van der Waals surface area contributed by atoms with Gasteiger partial charge in [-0.1, -0.05) is 18.2 Å². The second-order valence-electron chi connectivity index (χ2n) is 6.28. The summed E-state index contributed by atoms with van der Waals surface area (Å²) in [5, 5.41) is 4.82. The summed E-state index contributed by atoms with van der Waals surface area (Å²) in [6, 6.07) is 15.7. The van der Waals surface area contributed by atoms with Crippen LogP contribution in [0.25, 0.3) is 22.6 Å². The van der Waals surface area contributed by atoms with Crippen molar-refractivity contribution in [3.63, 3.8) is 0 Å². The van der Waals surface area contributed by atoms with Gasteiger partial charge in [-0.3, -0.25) is 4.79 Å². The third-order valence-corrected chi connectivity index (χ3v) is 5.27. The molecule has 0 saturated carbocycles. The maximum Gasteiger partial charge on any atom is 0.261 e. The number of thiophene rings is 1. The molecule has 0 unspecified atom stereocenters. The van der Waals surface area contributed by atoms with E-state index < -0.39 is 0 Å². The van der Waals surface area contributed by atoms with Gasteiger partial charge in [0.15, 0.2) is 5.58 Å². The first-order chi connectivity index (χ1) is 12.6. The molecule has 0 spiro atoms. The third kappa shape index (κ3) is 3.26. The van der Waals surface area contributed by atoms with E-state index in [2.05, 4.69) is 24.1 Å². The van der Waals surface area contributed by atoms with Crippen LogP contribution in [0.2, 0.25) is 0 Å². The van der Waals surface area contributed by atoms with E-state index in [1.54, 1.807) is 0 Å². The molecular formula is C21H18N2O2S. The average Bonchev–Trinajstić information content (AvgIpc) is 3.30. The molecule has 0 bridgehead atoms. The van der Waals surface area contributed by atoms with Crippen LogP contribution in [0.4, 0.5) is 0 Å². The van der Waals surface area contributed by atoms with Gasteiger partial charge in [-0.2, -0.15) is 0 Å². The summed E-state index contributed by atoms with van der Waals surface area (Å²) in [6.45, 7) is 4.63. The van der Waals surface area contributed by atoms with Crippen molar-refractivity contribution in [3.8, 4) is 11.5 Å². The lowest BCUT2D eigenvalue weighted by Gasteiger charge is -2.04. The average molecular weight is 362 g/mol. The maximum absolute atomic E-state index is 12.0. The van der Waals surface area contributed by atoms with Crippen molar-refractivity contribution in [1.82, 2.24) is 10.3 Å². The highest BCUT2D eigenvalue weighted by Crippen LogP contribution is 2.26. The van der Waals surface area contributed by atoms with Gasteiger partial charge in [-0.25, -0.2) is 4.98 Å². The monoisotopic (exact) mass is 362 g/mol. The Labute approximate surface area is 155 Å². The van der Waals surface area contributed by atoms with E-state index in [-0.39, 0.29) is 5.91 Å². The van der Waals surface area contributed by atoms with Crippen molar-refractivity contribution in [3.05, 3.63) is 75.5 Å². The van der Waals surface area contributed by atoms with E-state index in [1.165, 1.54) is 22.5 Å². The summed E-state index contributed by atoms with van der Waals surface area (Å²) >= 11 is 1.44. The van der Waals surface area contributed by atoms with Crippen LogP contribution < -0.4 is 5.32 Å². The molecule has 0 aliphatic carbocycles. The minimum absolute atomic E-state index is 0.0474. The Morgan fingerprint density at radius 1 is 1.12 bits per heavy atom. The Balaban J connectivity index is 1.50. The number of fused-ring (bicyclic) bond motifs is 1. The Bertz CT molecular complexity index is 1020. The molecule has 0 fully saturated rings. The van der Waals surface area contributed by atoms with Gasteiger partial charge in [0.25, 0.3) is 5.91 Å². The van der Waals surface area contributed by atoms with Crippen molar-refractivity contribution in [1.29, 1.82) is 0 Å². The third-order valence-electron chi connectivity index (χ3n) is 4.40. The lowest BCUT2D eigenvalue weighted by atomic mass is 10.1. The highest BCUT2D eigenvalue weighted by atomic mass is 32.1. The number of amides is 1. The van der Waals surface area contributed by atoms with Crippen LogP contribution in [0.15, 0.2) is 58.3 Å². The number of aryl methyl sites for hydroxylation is 2. The minimum Gasteiger partial charge on any atom is -0.436 e. The van der Waals surface area contributed by atoms with Gasteiger partial charge in [0.1, 0.15) is 5.52 Å². The zero-order valence-electron chi connectivity index (χ0n) is 14.6. The fourth-order valence-electron chi connectivity index (χ4n) is 2.75. The van der Waals surface area contributed by atoms with Gasteiger partial charge in [0, 0.05) is 12.1 Å². The number of benzene rings is 2. The summed E-state index contributed by atoms with van der Waals surface area (Å²) in [6.07, 6.45) is 0. The molecule has 2 heterocycles. The number of nitrogens with one attached hydrogen (secondary N) is 1. The molecule has 0 aliphatic heterocycles. The number of hydrogen-bond acceptors (Lipinski definition) is 4. The molecule has 26 heavy (non-hydrogen) atoms. The first-order valence-corrected chi connectivity index (χ1v) is 9.27. The van der Waals surface area contributed by atoms with Gasteiger partial charge < -0.3 is 9.73 Å². The quantitative estimate of drug-likeness (QED) is 0.549. The van der Waals surface area contributed by atoms with Crippen molar-refractivity contribution < 1.29 is 9.21 Å². The Kier molecular flexibility index (Phi) is 4.31. The predicted octanol–water partition coefficient (Wildman–Crippen LogP) is 5.10. The summed E-state index contributed by atoms with van der Waals surface area (Å²) < 4.78 is 5.90. The molecule has 5 heteroatoms. The Hall–Kier alpha value is -2.92. The van der Waals surface area contributed by atoms with Crippen LogP contribution in [0.1, 0.15) is 26.4 Å². The van der Waals surface area contributed by atoms with Crippen molar-refractivity contribution in [2.75, 3.05) is 0 Å². The first-order valence-electron chi connectivity index (χ1n) is 8.39. The lowest BCUT2D eigenvalue weighted by Crippen LogP contribution is -2.21.